The summed E-state index contributed by atoms with van der Waals surface area (Å²) >= 11 is 0. The minimum Gasteiger partial charge on any atom is -0.545 e. The average Bonchev–Trinajstić information content (AvgIpc) is 2.17. The van der Waals surface area contributed by atoms with Crippen LogP contribution in [-0.2, 0) is 9.59 Å². The zero-order valence-electron chi connectivity index (χ0n) is 11.5. The van der Waals surface area contributed by atoms with Gasteiger partial charge in [0.2, 0.25) is 5.78 Å². The Morgan fingerprint density at radius 2 is 1.47 bits per heavy atom. The molecule has 0 N–H and O–H groups in total. The molecule has 0 aromatic carbocycles. The highest BCUT2D eigenvalue weighted by molar-refractivity contribution is 5.95. The standard InChI is InChI=1S/C9H18NO.C4H6O2/c1-6-10(4,5)7-9(11)8(2)3;1-3(2)4(5)6/h2,6-7H2,1,3-5H3;1H2,2H3,(H,5,6)/q+1;/p-1. The summed E-state index contributed by atoms with van der Waals surface area (Å²) in [6.45, 7) is 13.5. The largest absolute Gasteiger partial charge is 0.545 e. The Bertz CT molecular complexity index is 305. The fourth-order valence-corrected chi connectivity index (χ4v) is 0.636. The maximum atomic E-state index is 11.2. The monoisotopic (exact) mass is 241 g/mol. The lowest BCUT2D eigenvalue weighted by Crippen LogP contribution is -2.43. The van der Waals surface area contributed by atoms with Crippen LogP contribution in [0.3, 0.4) is 0 Å². The van der Waals surface area contributed by atoms with Crippen molar-refractivity contribution < 1.29 is 19.2 Å². The number of carboxylic acids is 1. The van der Waals surface area contributed by atoms with Crippen molar-refractivity contribution in [1.29, 1.82) is 0 Å². The van der Waals surface area contributed by atoms with Gasteiger partial charge in [-0.1, -0.05) is 13.2 Å². The van der Waals surface area contributed by atoms with E-state index in [1.807, 2.05) is 14.1 Å². The number of hydrogen-bond acceptors (Lipinski definition) is 3. The summed E-state index contributed by atoms with van der Waals surface area (Å²) in [5, 5.41) is 9.49. The molecule has 4 heteroatoms. The molecule has 0 aliphatic rings. The van der Waals surface area contributed by atoms with Crippen LogP contribution in [0, 0.1) is 0 Å². The Kier molecular flexibility index (Phi) is 8.23. The van der Waals surface area contributed by atoms with Crippen LogP contribution in [0.4, 0.5) is 0 Å². The number of carbonyl (C=O) groups excluding carboxylic acids is 2. The molecule has 0 fully saturated rings. The van der Waals surface area contributed by atoms with Crippen molar-refractivity contribution in [1.82, 2.24) is 0 Å². The van der Waals surface area contributed by atoms with Crippen LogP contribution in [0.5, 0.6) is 0 Å². The van der Waals surface area contributed by atoms with E-state index in [1.54, 1.807) is 6.92 Å². The zero-order chi connectivity index (χ0) is 14.2. The van der Waals surface area contributed by atoms with Crippen molar-refractivity contribution in [2.45, 2.75) is 20.8 Å². The van der Waals surface area contributed by atoms with Gasteiger partial charge in [-0.15, -0.1) is 0 Å². The van der Waals surface area contributed by atoms with Gasteiger partial charge in [0.15, 0.2) is 0 Å². The van der Waals surface area contributed by atoms with Crippen LogP contribution in [0.15, 0.2) is 24.3 Å². The lowest BCUT2D eigenvalue weighted by molar-refractivity contribution is -0.880. The lowest BCUT2D eigenvalue weighted by atomic mass is 10.2. The van der Waals surface area contributed by atoms with Crippen molar-refractivity contribution >= 4 is 11.8 Å². The van der Waals surface area contributed by atoms with E-state index in [2.05, 4.69) is 20.1 Å². The lowest BCUT2D eigenvalue weighted by Gasteiger charge is -2.27. The maximum absolute atomic E-state index is 11.2. The number of rotatable bonds is 5. The van der Waals surface area contributed by atoms with Gasteiger partial charge in [-0.05, 0) is 31.9 Å². The highest BCUT2D eigenvalue weighted by Gasteiger charge is 2.17. The number of aliphatic carboxylic acids is 1. The molecule has 0 aliphatic carbocycles. The summed E-state index contributed by atoms with van der Waals surface area (Å²) < 4.78 is 0.742. The van der Waals surface area contributed by atoms with Crippen LogP contribution >= 0.6 is 0 Å². The SMILES string of the molecule is C=C(C)C(=O)C[N+](C)(C)CC.C=C(C)C(=O)[O-]. The fourth-order valence-electron chi connectivity index (χ4n) is 0.636. The van der Waals surface area contributed by atoms with Crippen LogP contribution < -0.4 is 5.11 Å². The molecule has 98 valence electrons. The van der Waals surface area contributed by atoms with E-state index in [9.17, 15) is 14.7 Å². The van der Waals surface area contributed by atoms with Crippen LogP contribution in [0.2, 0.25) is 0 Å². The Morgan fingerprint density at radius 3 is 1.65 bits per heavy atom. The molecule has 0 unspecified atom stereocenters. The Morgan fingerprint density at radius 1 is 1.12 bits per heavy atom. The minimum atomic E-state index is -1.19. The van der Waals surface area contributed by atoms with Gasteiger partial charge in [0.25, 0.3) is 0 Å². The van der Waals surface area contributed by atoms with E-state index in [0.29, 0.717) is 12.1 Å². The first kappa shape index (κ1) is 18.0. The normalized spacial score (nSPS) is 9.94. The summed E-state index contributed by atoms with van der Waals surface area (Å²) in [5.74, 6) is -1.02. The smallest absolute Gasteiger partial charge is 0.212 e. The molecular weight excluding hydrogens is 218 g/mol. The summed E-state index contributed by atoms with van der Waals surface area (Å²) in [6.07, 6.45) is 0. The minimum absolute atomic E-state index is 0.0648. The van der Waals surface area contributed by atoms with Gasteiger partial charge < -0.3 is 14.4 Å². The summed E-state index contributed by atoms with van der Waals surface area (Å²) in [6, 6.07) is 0. The van der Waals surface area contributed by atoms with Gasteiger partial charge in [0.05, 0.1) is 26.6 Å². The third-order valence-corrected chi connectivity index (χ3v) is 2.25. The first-order valence-electron chi connectivity index (χ1n) is 5.41. The highest BCUT2D eigenvalue weighted by Crippen LogP contribution is 1.99. The van der Waals surface area contributed by atoms with Gasteiger partial charge in [0, 0.05) is 0 Å². The van der Waals surface area contributed by atoms with Crippen LogP contribution in [0.25, 0.3) is 0 Å². The first-order chi connectivity index (χ1) is 7.53. The van der Waals surface area contributed by atoms with E-state index in [0.717, 1.165) is 11.0 Å². The molecule has 0 aliphatic heterocycles. The average molecular weight is 241 g/mol. The number of carboxylic acid groups (broad SMARTS) is 1. The van der Waals surface area contributed by atoms with E-state index in [4.69, 9.17) is 0 Å². The van der Waals surface area contributed by atoms with E-state index < -0.39 is 5.97 Å². The molecule has 0 saturated heterocycles. The van der Waals surface area contributed by atoms with Crippen molar-refractivity contribution in [2.75, 3.05) is 27.2 Å². The molecule has 0 atom stereocenters. The summed E-state index contributed by atoms with van der Waals surface area (Å²) in [7, 11) is 4.08. The number of hydrogen-bond donors (Lipinski definition) is 0. The van der Waals surface area contributed by atoms with Crippen molar-refractivity contribution in [2.24, 2.45) is 0 Å². The number of ketones is 1. The number of quaternary nitrogens is 1. The number of Topliss-reactive ketones (excluding diaryl/α,β-unsaturated/α-hetero) is 1. The molecule has 0 bridgehead atoms. The molecule has 0 aromatic heterocycles. The van der Waals surface area contributed by atoms with Crippen LogP contribution in [-0.4, -0.2) is 43.4 Å². The Labute approximate surface area is 104 Å². The van der Waals surface area contributed by atoms with Crippen molar-refractivity contribution in [3.63, 3.8) is 0 Å². The second kappa shape index (κ2) is 7.79. The van der Waals surface area contributed by atoms with Gasteiger partial charge >= 0.3 is 0 Å². The van der Waals surface area contributed by atoms with Gasteiger partial charge in [-0.25, -0.2) is 0 Å². The topological polar surface area (TPSA) is 57.2 Å². The van der Waals surface area contributed by atoms with Gasteiger partial charge in [-0.2, -0.15) is 0 Å². The third kappa shape index (κ3) is 10.9. The summed E-state index contributed by atoms with van der Waals surface area (Å²) in [5.41, 5.74) is 0.722. The molecule has 0 rings (SSSR count). The molecule has 0 heterocycles. The molecule has 0 saturated carbocycles. The number of carbonyl (C=O) groups is 2. The van der Waals surface area contributed by atoms with E-state index in [-0.39, 0.29) is 11.4 Å². The van der Waals surface area contributed by atoms with Gasteiger partial charge in [0.1, 0.15) is 6.54 Å². The molecule has 0 aromatic rings. The Balaban J connectivity index is 0. The fraction of sp³-hybridized carbons (Fsp3) is 0.538. The van der Waals surface area contributed by atoms with Crippen LogP contribution in [0.1, 0.15) is 20.8 Å². The molecule has 17 heavy (non-hydrogen) atoms. The van der Waals surface area contributed by atoms with Gasteiger partial charge in [-0.3, -0.25) is 4.79 Å². The molecule has 0 radical (unpaired) electrons. The third-order valence-electron chi connectivity index (χ3n) is 2.25. The second-order valence-corrected chi connectivity index (χ2v) is 4.68. The summed E-state index contributed by atoms with van der Waals surface area (Å²) in [4.78, 5) is 20.7. The quantitative estimate of drug-likeness (QED) is 0.521. The predicted octanol–water partition coefficient (Wildman–Crippen LogP) is 0.540. The zero-order valence-corrected chi connectivity index (χ0v) is 11.5. The first-order valence-corrected chi connectivity index (χ1v) is 5.41. The molecular formula is C13H23NO3. The molecule has 0 spiro atoms. The molecule has 0 amide bonds. The Hall–Kier alpha value is -1.42. The van der Waals surface area contributed by atoms with Crippen molar-refractivity contribution in [3.05, 3.63) is 24.3 Å². The van der Waals surface area contributed by atoms with E-state index in [1.165, 1.54) is 6.92 Å². The van der Waals surface area contributed by atoms with E-state index >= 15 is 0 Å². The number of likely N-dealkylation sites (N-methyl/N-ethyl adjacent to an activating group) is 1. The van der Waals surface area contributed by atoms with Crippen molar-refractivity contribution in [3.8, 4) is 0 Å². The second-order valence-electron chi connectivity index (χ2n) is 4.68. The molecule has 4 nitrogen and oxygen atoms in total. The maximum Gasteiger partial charge on any atom is 0.212 e. The number of nitrogens with zero attached hydrogens (tertiary/aromatic N) is 1. The predicted molar refractivity (Wildman–Crippen MR) is 67.2 cm³/mol. The highest BCUT2D eigenvalue weighted by atomic mass is 16.4.